The summed E-state index contributed by atoms with van der Waals surface area (Å²) in [5.41, 5.74) is 6.12. The van der Waals surface area contributed by atoms with Gasteiger partial charge in [0.15, 0.2) is 6.26 Å². The van der Waals surface area contributed by atoms with E-state index in [0.29, 0.717) is 25.5 Å². The third-order valence-electron chi connectivity index (χ3n) is 2.63. The van der Waals surface area contributed by atoms with Gasteiger partial charge < -0.3 is 25.3 Å². The summed E-state index contributed by atoms with van der Waals surface area (Å²) in [6.07, 6.45) is 1.76. The Balaban J connectivity index is 1.61. The van der Waals surface area contributed by atoms with Crippen molar-refractivity contribution in [3.8, 4) is 0 Å². The second-order valence-electron chi connectivity index (χ2n) is 4.30. The molecule has 0 saturated heterocycles. The molecule has 0 aliphatic carbocycles. The molecule has 1 heterocycles. The molecule has 0 radical (unpaired) electrons. The van der Waals surface area contributed by atoms with Crippen molar-refractivity contribution in [3.05, 3.63) is 48.1 Å². The predicted molar refractivity (Wildman–Crippen MR) is 72.2 cm³/mol. The topological polar surface area (TPSA) is 82.8 Å². The Labute approximate surface area is 117 Å². The number of benzene rings is 1. The Bertz CT molecular complexity index is 462. The molecule has 0 saturated carbocycles. The summed E-state index contributed by atoms with van der Waals surface area (Å²) in [5.74, 6) is -0.0422. The van der Waals surface area contributed by atoms with Gasteiger partial charge in [0, 0.05) is 13.0 Å². The third kappa shape index (κ3) is 4.81. The van der Waals surface area contributed by atoms with Crippen LogP contribution < -0.4 is 11.1 Å². The van der Waals surface area contributed by atoms with Crippen LogP contribution in [0.5, 0.6) is 0 Å². The number of carbonyl (C=O) groups excluding carboxylic acids is 1. The fourth-order valence-corrected chi connectivity index (χ4v) is 1.72. The minimum atomic E-state index is -0.396. The number of nitrogens with two attached hydrogens (primary N) is 1. The number of nitrogens with one attached hydrogen (secondary N) is 1. The third-order valence-corrected chi connectivity index (χ3v) is 2.63. The first-order valence-electron chi connectivity index (χ1n) is 6.42. The maximum Gasteiger partial charge on any atom is 0.318 e. The van der Waals surface area contributed by atoms with Gasteiger partial charge >= 0.3 is 5.95 Å². The number of ether oxygens (including phenoxy) is 3. The lowest BCUT2D eigenvalue weighted by atomic mass is 10.1. The van der Waals surface area contributed by atoms with Gasteiger partial charge in [-0.25, -0.2) is 0 Å². The SMILES string of the molecule is NC(=O)CNCCOC1=COC(Cc2ccccc2)O1. The normalized spacial score (nSPS) is 17.0. The van der Waals surface area contributed by atoms with Crippen LogP contribution in [0.1, 0.15) is 5.56 Å². The zero-order valence-electron chi connectivity index (χ0n) is 11.1. The van der Waals surface area contributed by atoms with Crippen molar-refractivity contribution < 1.29 is 19.0 Å². The van der Waals surface area contributed by atoms with Crippen LogP contribution in [0.4, 0.5) is 0 Å². The second-order valence-corrected chi connectivity index (χ2v) is 4.30. The van der Waals surface area contributed by atoms with E-state index in [4.69, 9.17) is 19.9 Å². The first-order chi connectivity index (χ1) is 9.74. The van der Waals surface area contributed by atoms with Crippen LogP contribution in [0.15, 0.2) is 42.5 Å². The van der Waals surface area contributed by atoms with E-state index in [0.717, 1.165) is 5.56 Å². The van der Waals surface area contributed by atoms with E-state index in [-0.39, 0.29) is 12.8 Å². The number of hydrogen-bond donors (Lipinski definition) is 2. The molecule has 6 heteroatoms. The van der Waals surface area contributed by atoms with E-state index in [1.54, 1.807) is 0 Å². The molecular formula is C14H18N2O4. The second kappa shape index (κ2) is 7.40. The number of carbonyl (C=O) groups is 1. The average molecular weight is 278 g/mol. The van der Waals surface area contributed by atoms with Crippen LogP contribution in [-0.2, 0) is 25.4 Å². The minimum Gasteiger partial charge on any atom is -0.462 e. The van der Waals surface area contributed by atoms with Crippen molar-refractivity contribution in [2.75, 3.05) is 19.7 Å². The monoisotopic (exact) mass is 278 g/mol. The summed E-state index contributed by atoms with van der Waals surface area (Å²) < 4.78 is 16.2. The zero-order chi connectivity index (χ0) is 14.2. The molecule has 0 bridgehead atoms. The van der Waals surface area contributed by atoms with Gasteiger partial charge in [-0.1, -0.05) is 30.3 Å². The van der Waals surface area contributed by atoms with Crippen LogP contribution in [0.2, 0.25) is 0 Å². The molecule has 20 heavy (non-hydrogen) atoms. The van der Waals surface area contributed by atoms with Crippen LogP contribution in [0.25, 0.3) is 0 Å². The standard InChI is InChI=1S/C14H18N2O4/c15-12(17)9-16-6-7-18-14-10-19-13(20-14)8-11-4-2-1-3-5-11/h1-5,10,13,16H,6-9H2,(H2,15,17). The van der Waals surface area contributed by atoms with Gasteiger partial charge in [-0.2, -0.15) is 0 Å². The minimum absolute atomic E-state index is 0.135. The van der Waals surface area contributed by atoms with Crippen LogP contribution >= 0.6 is 0 Å². The first kappa shape index (κ1) is 14.2. The van der Waals surface area contributed by atoms with Crippen LogP contribution in [0, 0.1) is 0 Å². The van der Waals surface area contributed by atoms with E-state index in [1.807, 2.05) is 30.3 Å². The highest BCUT2D eigenvalue weighted by Gasteiger charge is 2.20. The van der Waals surface area contributed by atoms with Gasteiger partial charge in [-0.3, -0.25) is 4.79 Å². The van der Waals surface area contributed by atoms with Crippen molar-refractivity contribution in [1.82, 2.24) is 5.32 Å². The molecule has 0 fully saturated rings. The largest absolute Gasteiger partial charge is 0.462 e. The molecule has 1 aliphatic heterocycles. The highest BCUT2D eigenvalue weighted by molar-refractivity contribution is 5.75. The summed E-state index contributed by atoms with van der Waals surface area (Å²) in [7, 11) is 0. The first-order valence-corrected chi connectivity index (χ1v) is 6.42. The maximum atomic E-state index is 10.5. The maximum absolute atomic E-state index is 10.5. The molecule has 1 aromatic carbocycles. The van der Waals surface area contributed by atoms with E-state index in [2.05, 4.69) is 5.32 Å². The quantitative estimate of drug-likeness (QED) is 0.676. The molecule has 1 aromatic rings. The fourth-order valence-electron chi connectivity index (χ4n) is 1.72. The van der Waals surface area contributed by atoms with Gasteiger partial charge in [-0.15, -0.1) is 0 Å². The predicted octanol–water partition coefficient (Wildman–Crippen LogP) is 0.492. The zero-order valence-corrected chi connectivity index (χ0v) is 11.1. The molecular weight excluding hydrogens is 260 g/mol. The highest BCUT2D eigenvalue weighted by atomic mass is 16.8. The Morgan fingerprint density at radius 3 is 2.90 bits per heavy atom. The van der Waals surface area contributed by atoms with Crippen molar-refractivity contribution in [3.63, 3.8) is 0 Å². The molecule has 0 spiro atoms. The molecule has 2 rings (SSSR count). The number of amides is 1. The van der Waals surface area contributed by atoms with E-state index in [1.165, 1.54) is 6.26 Å². The molecule has 1 atom stereocenters. The van der Waals surface area contributed by atoms with Gasteiger partial charge in [0.05, 0.1) is 6.54 Å². The van der Waals surface area contributed by atoms with Gasteiger partial charge in [0.25, 0.3) is 0 Å². The van der Waals surface area contributed by atoms with E-state index < -0.39 is 5.91 Å². The summed E-state index contributed by atoms with van der Waals surface area (Å²) in [4.78, 5) is 10.5. The fraction of sp³-hybridized carbons (Fsp3) is 0.357. The van der Waals surface area contributed by atoms with Gasteiger partial charge in [0.2, 0.25) is 12.2 Å². The lowest BCUT2D eigenvalue weighted by Crippen LogP contribution is -2.30. The number of hydrogen-bond acceptors (Lipinski definition) is 5. The molecule has 6 nitrogen and oxygen atoms in total. The summed E-state index contributed by atoms with van der Waals surface area (Å²) >= 11 is 0. The summed E-state index contributed by atoms with van der Waals surface area (Å²) in [6, 6.07) is 9.93. The molecule has 1 amide bonds. The van der Waals surface area contributed by atoms with E-state index >= 15 is 0 Å². The van der Waals surface area contributed by atoms with E-state index in [9.17, 15) is 4.79 Å². The van der Waals surface area contributed by atoms with Crippen molar-refractivity contribution in [1.29, 1.82) is 0 Å². The van der Waals surface area contributed by atoms with Crippen LogP contribution in [-0.4, -0.2) is 31.9 Å². The number of rotatable bonds is 8. The Hall–Kier alpha value is -2.21. The lowest BCUT2D eigenvalue weighted by Gasteiger charge is -2.12. The summed E-state index contributed by atoms with van der Waals surface area (Å²) in [5, 5.41) is 2.84. The van der Waals surface area contributed by atoms with Crippen molar-refractivity contribution in [2.45, 2.75) is 12.7 Å². The molecule has 1 unspecified atom stereocenters. The van der Waals surface area contributed by atoms with Crippen molar-refractivity contribution in [2.24, 2.45) is 5.73 Å². The van der Waals surface area contributed by atoms with Gasteiger partial charge in [0.1, 0.15) is 6.61 Å². The molecule has 3 N–H and O–H groups in total. The number of primary amides is 1. The Morgan fingerprint density at radius 1 is 1.35 bits per heavy atom. The summed E-state index contributed by atoms with van der Waals surface area (Å²) in [6.45, 7) is 1.02. The highest BCUT2D eigenvalue weighted by Crippen LogP contribution is 2.18. The molecule has 0 aromatic heterocycles. The molecule has 1 aliphatic rings. The lowest BCUT2D eigenvalue weighted by molar-refractivity contribution is -0.117. The smallest absolute Gasteiger partial charge is 0.318 e. The van der Waals surface area contributed by atoms with Crippen molar-refractivity contribution >= 4 is 5.91 Å². The average Bonchev–Trinajstić information content (AvgIpc) is 2.87. The Morgan fingerprint density at radius 2 is 2.15 bits per heavy atom. The Kier molecular flexibility index (Phi) is 5.25. The van der Waals surface area contributed by atoms with Gasteiger partial charge in [-0.05, 0) is 5.56 Å². The van der Waals surface area contributed by atoms with Crippen LogP contribution in [0.3, 0.4) is 0 Å². The molecule has 108 valence electrons.